The van der Waals surface area contributed by atoms with Crippen LogP contribution in [0.25, 0.3) is 0 Å². The first-order chi connectivity index (χ1) is 18.0. The Labute approximate surface area is 224 Å². The Morgan fingerprint density at radius 3 is 2.46 bits per heavy atom. The van der Waals surface area contributed by atoms with E-state index in [1.54, 1.807) is 37.6 Å². The van der Waals surface area contributed by atoms with E-state index < -0.39 is 0 Å². The van der Waals surface area contributed by atoms with Crippen LogP contribution in [-0.2, 0) is 22.5 Å². The molecule has 0 bridgehead atoms. The lowest BCUT2D eigenvalue weighted by Gasteiger charge is -2.30. The van der Waals surface area contributed by atoms with Crippen molar-refractivity contribution < 1.29 is 23.8 Å². The maximum Gasteiger partial charge on any atom is 0.318 e. The minimum absolute atomic E-state index is 0.0412. The summed E-state index contributed by atoms with van der Waals surface area (Å²) in [5, 5.41) is 5.18. The third-order valence-corrected chi connectivity index (χ3v) is 7.58. The maximum atomic E-state index is 13.6. The standard InChI is InChI=1S/C28H41N3O5S/c1-34-17-8-15-31(28(33)29-23-9-5-4-6-10-23)21-27(32)30(20-24-11-7-18-37-24)16-14-22-12-13-25(35-2)26(19-22)36-3/h7,11-13,18-19,23H,4-6,8-10,14-17,20-21H2,1-3H3,(H,29,33). The van der Waals surface area contributed by atoms with E-state index in [0.717, 1.165) is 36.1 Å². The molecule has 0 saturated heterocycles. The topological polar surface area (TPSA) is 80.3 Å². The van der Waals surface area contributed by atoms with Crippen LogP contribution in [0.15, 0.2) is 35.7 Å². The summed E-state index contributed by atoms with van der Waals surface area (Å²) in [6.45, 7) is 2.10. The lowest BCUT2D eigenvalue weighted by molar-refractivity contribution is -0.132. The summed E-state index contributed by atoms with van der Waals surface area (Å²) in [7, 11) is 4.88. The van der Waals surface area contributed by atoms with Crippen molar-refractivity contribution in [3.05, 3.63) is 46.2 Å². The molecular formula is C28H41N3O5S. The second kappa shape index (κ2) is 15.5. The van der Waals surface area contributed by atoms with Crippen LogP contribution in [0.4, 0.5) is 4.79 Å². The van der Waals surface area contributed by atoms with E-state index in [-0.39, 0.29) is 24.5 Å². The molecule has 204 valence electrons. The summed E-state index contributed by atoms with van der Waals surface area (Å²) >= 11 is 1.63. The minimum Gasteiger partial charge on any atom is -0.493 e. The number of carbonyl (C=O) groups is 2. The molecule has 1 N–H and O–H groups in total. The van der Waals surface area contributed by atoms with Crippen molar-refractivity contribution in [1.29, 1.82) is 0 Å². The lowest BCUT2D eigenvalue weighted by atomic mass is 9.96. The Bertz CT molecular complexity index is 963. The number of nitrogens with one attached hydrogen (secondary N) is 1. The number of nitrogens with zero attached hydrogens (tertiary/aromatic N) is 2. The summed E-state index contributed by atoms with van der Waals surface area (Å²) in [5.41, 5.74) is 1.05. The normalized spacial score (nSPS) is 13.7. The van der Waals surface area contributed by atoms with E-state index in [0.29, 0.717) is 50.6 Å². The van der Waals surface area contributed by atoms with Crippen molar-refractivity contribution in [2.75, 3.05) is 47.6 Å². The highest BCUT2D eigenvalue weighted by atomic mass is 32.1. The molecule has 1 saturated carbocycles. The predicted octanol–water partition coefficient (Wildman–Crippen LogP) is 4.72. The number of hydrogen-bond donors (Lipinski definition) is 1. The quantitative estimate of drug-likeness (QED) is 0.357. The van der Waals surface area contributed by atoms with E-state index in [4.69, 9.17) is 14.2 Å². The highest BCUT2D eigenvalue weighted by Gasteiger charge is 2.24. The van der Waals surface area contributed by atoms with Gasteiger partial charge in [-0.1, -0.05) is 31.4 Å². The highest BCUT2D eigenvalue weighted by Crippen LogP contribution is 2.28. The molecule has 0 radical (unpaired) electrons. The lowest BCUT2D eigenvalue weighted by Crippen LogP contribution is -2.50. The molecule has 37 heavy (non-hydrogen) atoms. The number of hydrogen-bond acceptors (Lipinski definition) is 6. The molecule has 3 amide bonds. The van der Waals surface area contributed by atoms with Crippen LogP contribution in [0.5, 0.6) is 11.5 Å². The largest absolute Gasteiger partial charge is 0.493 e. The van der Waals surface area contributed by atoms with Gasteiger partial charge in [0, 0.05) is 37.7 Å². The smallest absolute Gasteiger partial charge is 0.318 e. The number of rotatable bonds is 14. The van der Waals surface area contributed by atoms with Gasteiger partial charge in [-0.15, -0.1) is 11.3 Å². The van der Waals surface area contributed by atoms with Gasteiger partial charge in [0.2, 0.25) is 5.91 Å². The zero-order valence-electron chi connectivity index (χ0n) is 22.4. The van der Waals surface area contributed by atoms with Crippen LogP contribution in [0.2, 0.25) is 0 Å². The first-order valence-corrected chi connectivity index (χ1v) is 14.0. The molecule has 0 unspecified atom stereocenters. The summed E-state index contributed by atoms with van der Waals surface area (Å²) in [5.74, 6) is 1.28. The van der Waals surface area contributed by atoms with Crippen molar-refractivity contribution in [3.8, 4) is 11.5 Å². The van der Waals surface area contributed by atoms with Gasteiger partial charge in [-0.25, -0.2) is 4.79 Å². The second-order valence-corrected chi connectivity index (χ2v) is 10.4. The molecule has 1 heterocycles. The molecule has 1 aliphatic carbocycles. The van der Waals surface area contributed by atoms with Crippen LogP contribution < -0.4 is 14.8 Å². The van der Waals surface area contributed by atoms with Gasteiger partial charge in [0.1, 0.15) is 6.54 Å². The number of ether oxygens (including phenoxy) is 3. The van der Waals surface area contributed by atoms with Crippen molar-refractivity contribution in [2.24, 2.45) is 0 Å². The molecule has 0 atom stereocenters. The third-order valence-electron chi connectivity index (χ3n) is 6.72. The fourth-order valence-corrected chi connectivity index (χ4v) is 5.33. The minimum atomic E-state index is -0.160. The molecule has 1 fully saturated rings. The van der Waals surface area contributed by atoms with Gasteiger partial charge >= 0.3 is 6.03 Å². The van der Waals surface area contributed by atoms with Gasteiger partial charge in [0.25, 0.3) is 0 Å². The highest BCUT2D eigenvalue weighted by molar-refractivity contribution is 7.09. The zero-order valence-corrected chi connectivity index (χ0v) is 23.2. The van der Waals surface area contributed by atoms with E-state index >= 15 is 0 Å². The number of thiophene rings is 1. The van der Waals surface area contributed by atoms with Gasteiger partial charge in [0.05, 0.1) is 20.8 Å². The van der Waals surface area contributed by atoms with Gasteiger partial charge in [-0.3, -0.25) is 4.79 Å². The molecule has 0 spiro atoms. The average molecular weight is 532 g/mol. The van der Waals surface area contributed by atoms with E-state index in [9.17, 15) is 9.59 Å². The number of amides is 3. The fraction of sp³-hybridized carbons (Fsp3) is 0.571. The molecule has 1 aromatic heterocycles. The molecule has 3 rings (SSSR count). The Morgan fingerprint density at radius 2 is 1.78 bits per heavy atom. The van der Waals surface area contributed by atoms with E-state index in [1.807, 2.05) is 40.6 Å². The molecule has 8 nitrogen and oxygen atoms in total. The van der Waals surface area contributed by atoms with Gasteiger partial charge in [-0.2, -0.15) is 0 Å². The molecule has 2 aromatic rings. The fourth-order valence-electron chi connectivity index (χ4n) is 4.61. The molecule has 1 aliphatic rings. The third kappa shape index (κ3) is 9.23. The van der Waals surface area contributed by atoms with Gasteiger partial charge in [-0.05, 0) is 54.8 Å². The van der Waals surface area contributed by atoms with Crippen LogP contribution in [0.1, 0.15) is 49.0 Å². The molecular weight excluding hydrogens is 490 g/mol. The number of benzene rings is 1. The monoisotopic (exact) mass is 531 g/mol. The van der Waals surface area contributed by atoms with Crippen LogP contribution in [0, 0.1) is 0 Å². The van der Waals surface area contributed by atoms with Crippen LogP contribution >= 0.6 is 11.3 Å². The number of urea groups is 1. The molecule has 1 aromatic carbocycles. The maximum absolute atomic E-state index is 13.6. The molecule has 9 heteroatoms. The first kappa shape index (κ1) is 28.8. The Kier molecular flexibility index (Phi) is 12.0. The predicted molar refractivity (Wildman–Crippen MR) is 146 cm³/mol. The van der Waals surface area contributed by atoms with Crippen molar-refractivity contribution in [3.63, 3.8) is 0 Å². The zero-order chi connectivity index (χ0) is 26.5. The first-order valence-electron chi connectivity index (χ1n) is 13.1. The Balaban J connectivity index is 1.69. The van der Waals surface area contributed by atoms with E-state index in [2.05, 4.69) is 5.32 Å². The number of carbonyl (C=O) groups excluding carboxylic acids is 2. The SMILES string of the molecule is COCCCN(CC(=O)N(CCc1ccc(OC)c(OC)c1)Cc1cccs1)C(=O)NC1CCCCC1. The Morgan fingerprint density at radius 1 is 1.00 bits per heavy atom. The van der Waals surface area contributed by atoms with Gasteiger partial charge in [0.15, 0.2) is 11.5 Å². The van der Waals surface area contributed by atoms with Crippen LogP contribution in [0.3, 0.4) is 0 Å². The molecule has 0 aliphatic heterocycles. The van der Waals surface area contributed by atoms with Crippen LogP contribution in [-0.4, -0.2) is 75.4 Å². The summed E-state index contributed by atoms with van der Waals surface area (Å²) in [6.07, 6.45) is 6.84. The Hall–Kier alpha value is -2.78. The summed E-state index contributed by atoms with van der Waals surface area (Å²) in [4.78, 5) is 31.4. The average Bonchev–Trinajstić information content (AvgIpc) is 3.44. The summed E-state index contributed by atoms with van der Waals surface area (Å²) in [6, 6.07) is 9.87. The van der Waals surface area contributed by atoms with Crippen molar-refractivity contribution in [1.82, 2.24) is 15.1 Å². The van der Waals surface area contributed by atoms with Gasteiger partial charge < -0.3 is 29.3 Å². The number of methoxy groups -OCH3 is 3. The van der Waals surface area contributed by atoms with Crippen molar-refractivity contribution >= 4 is 23.3 Å². The van der Waals surface area contributed by atoms with E-state index in [1.165, 1.54) is 6.42 Å². The van der Waals surface area contributed by atoms with Crippen molar-refractivity contribution in [2.45, 2.75) is 57.5 Å². The summed E-state index contributed by atoms with van der Waals surface area (Å²) < 4.78 is 16.0. The second-order valence-electron chi connectivity index (χ2n) is 9.39.